The predicted molar refractivity (Wildman–Crippen MR) is 103 cm³/mol. The number of rotatable bonds is 4. The third-order valence-electron chi connectivity index (χ3n) is 5.03. The van der Waals surface area contributed by atoms with Crippen molar-refractivity contribution in [3.05, 3.63) is 34.7 Å². The molecular weight excluding hydrogens is 371 g/mol. The molecule has 0 radical (unpaired) electrons. The second-order valence-corrected chi connectivity index (χ2v) is 7.26. The zero-order valence-corrected chi connectivity index (χ0v) is 16.3. The number of H-pyrrole nitrogens is 1. The van der Waals surface area contributed by atoms with Gasteiger partial charge in [0.25, 0.3) is 0 Å². The van der Waals surface area contributed by atoms with Crippen LogP contribution in [0.3, 0.4) is 0 Å². The summed E-state index contributed by atoms with van der Waals surface area (Å²) in [6.45, 7) is 5.67. The molecule has 1 aliphatic heterocycles. The number of likely N-dealkylation sites (N-methyl/N-ethyl adjacent to an activating group) is 1. The Labute approximate surface area is 162 Å². The van der Waals surface area contributed by atoms with Crippen molar-refractivity contribution in [1.82, 2.24) is 20.1 Å². The molecule has 6 nitrogen and oxygen atoms in total. The lowest BCUT2D eigenvalue weighted by molar-refractivity contribution is -0.130. The van der Waals surface area contributed by atoms with E-state index in [9.17, 15) is 14.0 Å². The van der Waals surface area contributed by atoms with Crippen molar-refractivity contribution in [2.75, 3.05) is 19.6 Å². The third-order valence-corrected chi connectivity index (χ3v) is 5.32. The standard InChI is InChI=1S/C19H24ClFN4O2/c1-3-25(15-5-4-6-24(11-15)12(2)26)19(27)22-10-14-7-13-8-16(20)17(21)9-18(13)23-14/h7-9,15,23H,3-6,10-11H2,1-2H3,(H,22,27)/t15-/m1/s1. The number of halogens is 2. The number of nitrogens with one attached hydrogen (secondary N) is 2. The van der Waals surface area contributed by atoms with E-state index in [2.05, 4.69) is 10.3 Å². The van der Waals surface area contributed by atoms with Crippen LogP contribution in [0.25, 0.3) is 10.9 Å². The van der Waals surface area contributed by atoms with E-state index in [0.29, 0.717) is 25.2 Å². The van der Waals surface area contributed by atoms with Gasteiger partial charge in [-0.1, -0.05) is 11.6 Å². The highest BCUT2D eigenvalue weighted by atomic mass is 35.5. The minimum Gasteiger partial charge on any atom is -0.357 e. The van der Waals surface area contributed by atoms with Crippen LogP contribution in [-0.2, 0) is 11.3 Å². The average molecular weight is 395 g/mol. The molecule has 1 aliphatic rings. The quantitative estimate of drug-likeness (QED) is 0.833. The first-order chi connectivity index (χ1) is 12.9. The molecular formula is C19H24ClFN4O2. The van der Waals surface area contributed by atoms with Gasteiger partial charge in [-0.3, -0.25) is 4.79 Å². The molecule has 1 atom stereocenters. The van der Waals surface area contributed by atoms with Gasteiger partial charge in [0.05, 0.1) is 17.6 Å². The number of hydrogen-bond acceptors (Lipinski definition) is 2. The van der Waals surface area contributed by atoms with Crippen LogP contribution >= 0.6 is 11.6 Å². The summed E-state index contributed by atoms with van der Waals surface area (Å²) < 4.78 is 13.6. The number of benzene rings is 1. The number of aromatic nitrogens is 1. The highest BCUT2D eigenvalue weighted by Gasteiger charge is 2.28. The van der Waals surface area contributed by atoms with Crippen molar-refractivity contribution in [1.29, 1.82) is 0 Å². The lowest BCUT2D eigenvalue weighted by Crippen LogP contribution is -2.53. The number of piperidine rings is 1. The van der Waals surface area contributed by atoms with E-state index in [1.807, 2.05) is 13.0 Å². The molecule has 0 bridgehead atoms. The Balaban J connectivity index is 1.64. The van der Waals surface area contributed by atoms with Crippen molar-refractivity contribution >= 4 is 34.4 Å². The van der Waals surface area contributed by atoms with E-state index in [-0.39, 0.29) is 23.0 Å². The second-order valence-electron chi connectivity index (χ2n) is 6.85. The lowest BCUT2D eigenvalue weighted by atomic mass is 10.0. The molecule has 2 heterocycles. The number of urea groups is 1. The normalized spacial score (nSPS) is 17.2. The van der Waals surface area contributed by atoms with Gasteiger partial charge in [0.1, 0.15) is 5.82 Å². The predicted octanol–water partition coefficient (Wildman–Crippen LogP) is 3.50. The maximum absolute atomic E-state index is 13.6. The molecule has 0 aliphatic carbocycles. The van der Waals surface area contributed by atoms with Crippen LogP contribution < -0.4 is 5.32 Å². The van der Waals surface area contributed by atoms with Gasteiger partial charge in [0, 0.05) is 43.2 Å². The minimum absolute atomic E-state index is 0.0169. The van der Waals surface area contributed by atoms with Gasteiger partial charge in [0.15, 0.2) is 0 Å². The van der Waals surface area contributed by atoms with Gasteiger partial charge < -0.3 is 20.1 Å². The first kappa shape index (κ1) is 19.5. The molecule has 3 rings (SSSR count). The van der Waals surface area contributed by atoms with Crippen LogP contribution in [0.15, 0.2) is 18.2 Å². The highest BCUT2D eigenvalue weighted by molar-refractivity contribution is 6.31. The first-order valence-electron chi connectivity index (χ1n) is 9.15. The fraction of sp³-hybridized carbons (Fsp3) is 0.474. The molecule has 1 aromatic carbocycles. The molecule has 2 N–H and O–H groups in total. The molecule has 1 saturated heterocycles. The molecule has 2 aromatic rings. The fourth-order valence-electron chi connectivity index (χ4n) is 3.62. The Kier molecular flexibility index (Phi) is 5.89. The number of carbonyl (C=O) groups excluding carboxylic acids is 2. The molecule has 1 aromatic heterocycles. The number of nitrogens with zero attached hydrogens (tertiary/aromatic N) is 2. The van der Waals surface area contributed by atoms with Crippen molar-refractivity contribution in [2.45, 2.75) is 39.3 Å². The van der Waals surface area contributed by atoms with Gasteiger partial charge in [-0.05, 0) is 38.0 Å². The Morgan fingerprint density at radius 1 is 1.41 bits per heavy atom. The second kappa shape index (κ2) is 8.17. The van der Waals surface area contributed by atoms with Crippen molar-refractivity contribution in [2.24, 2.45) is 0 Å². The van der Waals surface area contributed by atoms with E-state index in [1.54, 1.807) is 22.8 Å². The molecule has 0 unspecified atom stereocenters. The third kappa shape index (κ3) is 4.35. The molecule has 27 heavy (non-hydrogen) atoms. The van der Waals surface area contributed by atoms with Gasteiger partial charge in [0.2, 0.25) is 5.91 Å². The monoisotopic (exact) mass is 394 g/mol. The summed E-state index contributed by atoms with van der Waals surface area (Å²) in [7, 11) is 0. The number of aromatic amines is 1. The van der Waals surface area contributed by atoms with Crippen LogP contribution in [0, 0.1) is 5.82 Å². The minimum atomic E-state index is -0.480. The zero-order chi connectivity index (χ0) is 19.6. The summed E-state index contributed by atoms with van der Waals surface area (Å²) in [5.74, 6) is -0.439. The topological polar surface area (TPSA) is 68.4 Å². The number of likely N-dealkylation sites (tertiary alicyclic amines) is 1. The van der Waals surface area contributed by atoms with E-state index >= 15 is 0 Å². The first-order valence-corrected chi connectivity index (χ1v) is 9.53. The van der Waals surface area contributed by atoms with Crippen molar-refractivity contribution in [3.8, 4) is 0 Å². The fourth-order valence-corrected chi connectivity index (χ4v) is 3.79. The number of fused-ring (bicyclic) bond motifs is 1. The van der Waals surface area contributed by atoms with Gasteiger partial charge in [-0.25, -0.2) is 9.18 Å². The number of amides is 3. The summed E-state index contributed by atoms with van der Waals surface area (Å²) in [5, 5.41) is 3.77. The van der Waals surface area contributed by atoms with E-state index < -0.39 is 5.82 Å². The number of carbonyl (C=O) groups is 2. The van der Waals surface area contributed by atoms with E-state index in [1.165, 1.54) is 6.07 Å². The van der Waals surface area contributed by atoms with Crippen LogP contribution in [-0.4, -0.2) is 52.4 Å². The Morgan fingerprint density at radius 2 is 2.19 bits per heavy atom. The van der Waals surface area contributed by atoms with Crippen LogP contribution in [0.2, 0.25) is 5.02 Å². The largest absolute Gasteiger partial charge is 0.357 e. The zero-order valence-electron chi connectivity index (χ0n) is 15.5. The summed E-state index contributed by atoms with van der Waals surface area (Å²) in [4.78, 5) is 31.0. The maximum atomic E-state index is 13.6. The maximum Gasteiger partial charge on any atom is 0.318 e. The van der Waals surface area contributed by atoms with Crippen LogP contribution in [0.5, 0.6) is 0 Å². The molecule has 3 amide bonds. The van der Waals surface area contributed by atoms with Crippen LogP contribution in [0.4, 0.5) is 9.18 Å². The Bertz CT molecular complexity index is 815. The van der Waals surface area contributed by atoms with Gasteiger partial charge >= 0.3 is 6.03 Å². The molecule has 0 saturated carbocycles. The smallest absolute Gasteiger partial charge is 0.318 e. The van der Waals surface area contributed by atoms with E-state index in [0.717, 1.165) is 30.5 Å². The van der Waals surface area contributed by atoms with Gasteiger partial charge in [-0.15, -0.1) is 0 Å². The van der Waals surface area contributed by atoms with Gasteiger partial charge in [-0.2, -0.15) is 0 Å². The average Bonchev–Trinajstić information content (AvgIpc) is 3.03. The number of hydrogen-bond donors (Lipinski definition) is 2. The molecule has 1 fully saturated rings. The Hall–Kier alpha value is -2.28. The lowest BCUT2D eigenvalue weighted by Gasteiger charge is -2.38. The molecule has 0 spiro atoms. The summed E-state index contributed by atoms with van der Waals surface area (Å²) >= 11 is 5.81. The van der Waals surface area contributed by atoms with Crippen molar-refractivity contribution in [3.63, 3.8) is 0 Å². The van der Waals surface area contributed by atoms with Crippen molar-refractivity contribution < 1.29 is 14.0 Å². The van der Waals surface area contributed by atoms with E-state index in [4.69, 9.17) is 11.6 Å². The Morgan fingerprint density at radius 3 is 2.89 bits per heavy atom. The van der Waals surface area contributed by atoms with Crippen LogP contribution in [0.1, 0.15) is 32.4 Å². The highest BCUT2D eigenvalue weighted by Crippen LogP contribution is 2.23. The summed E-state index contributed by atoms with van der Waals surface area (Å²) in [6, 6.07) is 4.60. The summed E-state index contributed by atoms with van der Waals surface area (Å²) in [6.07, 6.45) is 1.78. The molecule has 8 heteroatoms. The SMILES string of the molecule is CCN(C(=O)NCc1cc2cc(Cl)c(F)cc2[nH]1)[C@@H]1CCCN(C(C)=O)C1. The summed E-state index contributed by atoms with van der Waals surface area (Å²) in [5.41, 5.74) is 1.41. The molecule has 146 valence electrons.